The van der Waals surface area contributed by atoms with E-state index < -0.39 is 0 Å². The third kappa shape index (κ3) is 2.96. The highest BCUT2D eigenvalue weighted by Crippen LogP contribution is 2.23. The first-order valence-corrected chi connectivity index (χ1v) is 7.64. The van der Waals surface area contributed by atoms with Gasteiger partial charge in [0.2, 0.25) is 0 Å². The maximum absolute atomic E-state index is 3.45. The molecule has 1 heterocycles. The molecule has 1 fully saturated rings. The van der Waals surface area contributed by atoms with Crippen molar-refractivity contribution in [1.29, 1.82) is 0 Å². The summed E-state index contributed by atoms with van der Waals surface area (Å²) in [7, 11) is 2.21. The molecule has 0 spiro atoms. The Kier molecular flexibility index (Phi) is 3.93. The lowest BCUT2D eigenvalue weighted by Crippen LogP contribution is -2.21. The van der Waals surface area contributed by atoms with Gasteiger partial charge in [-0.15, -0.1) is 0 Å². The molecule has 1 N–H and O–H groups in total. The first kappa shape index (κ1) is 13.4. The van der Waals surface area contributed by atoms with Crippen molar-refractivity contribution in [2.24, 2.45) is 5.92 Å². The second-order valence-corrected chi connectivity index (χ2v) is 6.10. The number of hydrogen-bond acceptors (Lipinski definition) is 2. The van der Waals surface area contributed by atoms with Gasteiger partial charge in [0.15, 0.2) is 0 Å². The summed E-state index contributed by atoms with van der Waals surface area (Å²) in [6, 6.07) is 13.5. The predicted molar refractivity (Wildman–Crippen MR) is 87.5 cm³/mol. The zero-order valence-electron chi connectivity index (χ0n) is 12.5. The minimum Gasteiger partial charge on any atom is -0.375 e. The van der Waals surface area contributed by atoms with Crippen LogP contribution in [-0.2, 0) is 0 Å². The summed E-state index contributed by atoms with van der Waals surface area (Å²) in [4.78, 5) is 2.39. The molecule has 0 aromatic heterocycles. The smallest absolute Gasteiger partial charge is 0.0370 e. The van der Waals surface area contributed by atoms with E-state index in [2.05, 4.69) is 60.6 Å². The van der Waals surface area contributed by atoms with Gasteiger partial charge in [0, 0.05) is 19.3 Å². The molecule has 0 radical (unpaired) electrons. The van der Waals surface area contributed by atoms with E-state index >= 15 is 0 Å². The van der Waals surface area contributed by atoms with Gasteiger partial charge in [-0.05, 0) is 61.7 Å². The van der Waals surface area contributed by atoms with E-state index in [1.54, 1.807) is 0 Å². The summed E-state index contributed by atoms with van der Waals surface area (Å²) >= 11 is 0. The highest BCUT2D eigenvalue weighted by atomic mass is 15.1. The van der Waals surface area contributed by atoms with Gasteiger partial charge in [0.25, 0.3) is 0 Å². The Morgan fingerprint density at radius 1 is 1.15 bits per heavy atom. The van der Waals surface area contributed by atoms with E-state index in [9.17, 15) is 0 Å². The van der Waals surface area contributed by atoms with Crippen molar-refractivity contribution >= 4 is 16.5 Å². The third-order valence-electron chi connectivity index (χ3n) is 4.46. The first-order chi connectivity index (χ1) is 9.72. The monoisotopic (exact) mass is 268 g/mol. The number of anilines is 1. The van der Waals surface area contributed by atoms with Gasteiger partial charge in [-0.1, -0.05) is 29.8 Å². The van der Waals surface area contributed by atoms with Gasteiger partial charge < -0.3 is 10.2 Å². The molecule has 1 unspecified atom stereocenters. The predicted octanol–water partition coefficient (Wildman–Crippen LogP) is 3.58. The lowest BCUT2D eigenvalue weighted by atomic mass is 10.0. The molecular formula is C18H24N2. The number of benzene rings is 2. The number of fused-ring (bicyclic) bond motifs is 1. The van der Waals surface area contributed by atoms with Crippen LogP contribution in [0.15, 0.2) is 36.4 Å². The molecule has 2 aromatic rings. The second kappa shape index (κ2) is 5.84. The average Bonchev–Trinajstić information content (AvgIpc) is 2.97. The van der Waals surface area contributed by atoms with E-state index in [1.165, 1.54) is 48.0 Å². The van der Waals surface area contributed by atoms with Crippen LogP contribution < -0.4 is 10.2 Å². The Labute approximate surface area is 121 Å². The van der Waals surface area contributed by atoms with Gasteiger partial charge in [-0.2, -0.15) is 0 Å². The zero-order valence-corrected chi connectivity index (χ0v) is 12.5. The highest BCUT2D eigenvalue weighted by molar-refractivity contribution is 5.86. The molecule has 0 bridgehead atoms. The van der Waals surface area contributed by atoms with Gasteiger partial charge in [-0.3, -0.25) is 0 Å². The Morgan fingerprint density at radius 2 is 1.95 bits per heavy atom. The average molecular weight is 268 g/mol. The van der Waals surface area contributed by atoms with Gasteiger partial charge >= 0.3 is 0 Å². The van der Waals surface area contributed by atoms with Crippen LogP contribution in [0.2, 0.25) is 0 Å². The fraction of sp³-hybridized carbons (Fsp3) is 0.444. The molecule has 0 saturated carbocycles. The van der Waals surface area contributed by atoms with E-state index in [-0.39, 0.29) is 0 Å². The Bertz CT molecular complexity index is 585. The summed E-state index contributed by atoms with van der Waals surface area (Å²) in [6.07, 6.45) is 2.63. The minimum absolute atomic E-state index is 0.862. The fourth-order valence-electron chi connectivity index (χ4n) is 3.06. The maximum atomic E-state index is 3.45. The van der Waals surface area contributed by atoms with Crippen LogP contribution in [0.4, 0.5) is 5.69 Å². The van der Waals surface area contributed by atoms with E-state index in [0.29, 0.717) is 0 Å². The Morgan fingerprint density at radius 3 is 2.75 bits per heavy atom. The number of hydrogen-bond donors (Lipinski definition) is 1. The summed E-state index contributed by atoms with van der Waals surface area (Å²) in [5, 5.41) is 6.12. The van der Waals surface area contributed by atoms with Crippen LogP contribution in [0.25, 0.3) is 10.8 Å². The SMILES string of the molecule is Cc1ccc2cc(N(C)CCC3CCNC3)ccc2c1. The number of nitrogens with zero attached hydrogens (tertiary/aromatic N) is 1. The van der Waals surface area contributed by atoms with Crippen molar-refractivity contribution in [2.75, 3.05) is 31.6 Å². The fourth-order valence-corrected chi connectivity index (χ4v) is 3.06. The van der Waals surface area contributed by atoms with Crippen molar-refractivity contribution < 1.29 is 0 Å². The normalized spacial score (nSPS) is 18.6. The Hall–Kier alpha value is -1.54. The van der Waals surface area contributed by atoms with Crippen molar-refractivity contribution in [3.63, 3.8) is 0 Å². The molecule has 0 amide bonds. The molecule has 1 atom stereocenters. The topological polar surface area (TPSA) is 15.3 Å². The summed E-state index contributed by atoms with van der Waals surface area (Å²) in [6.45, 7) is 5.69. The lowest BCUT2D eigenvalue weighted by molar-refractivity contribution is 0.534. The van der Waals surface area contributed by atoms with Crippen LogP contribution in [0.1, 0.15) is 18.4 Å². The molecule has 2 heteroatoms. The number of nitrogens with one attached hydrogen (secondary N) is 1. The zero-order chi connectivity index (χ0) is 13.9. The van der Waals surface area contributed by atoms with Crippen LogP contribution in [-0.4, -0.2) is 26.7 Å². The molecule has 1 saturated heterocycles. The summed E-state index contributed by atoms with van der Waals surface area (Å²) in [5.41, 5.74) is 2.65. The van der Waals surface area contributed by atoms with Gasteiger partial charge in [0.1, 0.15) is 0 Å². The van der Waals surface area contributed by atoms with Crippen molar-refractivity contribution in [1.82, 2.24) is 5.32 Å². The largest absolute Gasteiger partial charge is 0.375 e. The van der Waals surface area contributed by atoms with Crippen LogP contribution >= 0.6 is 0 Å². The van der Waals surface area contributed by atoms with Crippen LogP contribution in [0.3, 0.4) is 0 Å². The maximum Gasteiger partial charge on any atom is 0.0370 e. The third-order valence-corrected chi connectivity index (χ3v) is 4.46. The summed E-state index contributed by atoms with van der Waals surface area (Å²) in [5.74, 6) is 0.862. The Balaban J connectivity index is 1.70. The van der Waals surface area contributed by atoms with E-state index in [1.807, 2.05) is 0 Å². The van der Waals surface area contributed by atoms with Crippen molar-refractivity contribution in [3.05, 3.63) is 42.0 Å². The second-order valence-electron chi connectivity index (χ2n) is 6.10. The molecule has 20 heavy (non-hydrogen) atoms. The van der Waals surface area contributed by atoms with Crippen LogP contribution in [0, 0.1) is 12.8 Å². The quantitative estimate of drug-likeness (QED) is 0.911. The lowest BCUT2D eigenvalue weighted by Gasteiger charge is -2.21. The molecule has 3 rings (SSSR count). The van der Waals surface area contributed by atoms with Crippen molar-refractivity contribution in [3.8, 4) is 0 Å². The molecule has 2 aromatic carbocycles. The molecule has 2 nitrogen and oxygen atoms in total. The van der Waals surface area contributed by atoms with Crippen LogP contribution in [0.5, 0.6) is 0 Å². The van der Waals surface area contributed by atoms with Crippen molar-refractivity contribution in [2.45, 2.75) is 19.8 Å². The first-order valence-electron chi connectivity index (χ1n) is 7.64. The number of rotatable bonds is 4. The minimum atomic E-state index is 0.862. The highest BCUT2D eigenvalue weighted by Gasteiger charge is 2.14. The standard InChI is InChI=1S/C18H24N2/c1-14-3-4-17-12-18(6-5-16(17)11-14)20(2)10-8-15-7-9-19-13-15/h3-6,11-12,15,19H,7-10,13H2,1-2H3. The molecule has 1 aliphatic rings. The molecular weight excluding hydrogens is 244 g/mol. The number of aryl methyl sites for hydroxylation is 1. The summed E-state index contributed by atoms with van der Waals surface area (Å²) < 4.78 is 0. The molecule has 0 aliphatic carbocycles. The molecule has 1 aliphatic heterocycles. The van der Waals surface area contributed by atoms with E-state index in [0.717, 1.165) is 12.5 Å². The van der Waals surface area contributed by atoms with Gasteiger partial charge in [0.05, 0.1) is 0 Å². The molecule has 106 valence electrons. The van der Waals surface area contributed by atoms with E-state index in [4.69, 9.17) is 0 Å². The van der Waals surface area contributed by atoms with Gasteiger partial charge in [-0.25, -0.2) is 0 Å².